The maximum atomic E-state index is 6.48. The van der Waals surface area contributed by atoms with Gasteiger partial charge in [-0.25, -0.2) is 15.0 Å². The molecule has 176 valence electrons. The van der Waals surface area contributed by atoms with Crippen LogP contribution in [-0.2, 0) is 11.3 Å². The highest BCUT2D eigenvalue weighted by Gasteiger charge is 2.35. The van der Waals surface area contributed by atoms with Crippen LogP contribution in [0, 0.1) is 0 Å². The molecule has 35 heavy (non-hydrogen) atoms. The molecule has 0 saturated carbocycles. The van der Waals surface area contributed by atoms with Crippen LogP contribution < -0.4 is 20.7 Å². The molecule has 2 aromatic carbocycles. The summed E-state index contributed by atoms with van der Waals surface area (Å²) in [6, 6.07) is 17.8. The summed E-state index contributed by atoms with van der Waals surface area (Å²) in [5, 5.41) is 11.2. The van der Waals surface area contributed by atoms with Crippen molar-refractivity contribution in [3.05, 3.63) is 77.8 Å². The van der Waals surface area contributed by atoms with Gasteiger partial charge in [0.05, 0.1) is 16.2 Å². The van der Waals surface area contributed by atoms with Gasteiger partial charge in [0, 0.05) is 36.0 Å². The zero-order valence-corrected chi connectivity index (χ0v) is 19.4. The molecular formula is C25H22ClN7O2. The molecule has 10 heteroatoms. The molecule has 4 heterocycles. The summed E-state index contributed by atoms with van der Waals surface area (Å²) < 4.78 is 11.7. The molecule has 4 aromatic rings. The minimum Gasteiger partial charge on any atom is -0.486 e. The van der Waals surface area contributed by atoms with E-state index in [4.69, 9.17) is 21.1 Å². The molecule has 6 rings (SSSR count). The van der Waals surface area contributed by atoms with Crippen molar-refractivity contribution in [3.8, 4) is 5.75 Å². The predicted molar refractivity (Wildman–Crippen MR) is 135 cm³/mol. The topological polar surface area (TPSA) is 106 Å². The molecule has 2 atom stereocenters. The minimum absolute atomic E-state index is 0.0965. The number of amidine groups is 1. The van der Waals surface area contributed by atoms with Gasteiger partial charge in [-0.3, -0.25) is 4.98 Å². The summed E-state index contributed by atoms with van der Waals surface area (Å²) in [6.07, 6.45) is 3.36. The van der Waals surface area contributed by atoms with Crippen molar-refractivity contribution in [1.82, 2.24) is 20.3 Å². The van der Waals surface area contributed by atoms with Crippen LogP contribution in [-0.4, -0.2) is 46.2 Å². The molecule has 0 bridgehead atoms. The van der Waals surface area contributed by atoms with Crippen LogP contribution in [0.15, 0.2) is 72.1 Å². The molecule has 0 aliphatic carbocycles. The standard InChI is InChI=1S/C25H22ClN7O2/c26-19-10-16(5-7-22(19)34-13-17-3-1-2-8-28-17)31-24-18-9-15(4-6-20(18)29-14-30-24)32-25-33-21-11-27-12-23(21)35-25/h1-10,14,21,23,27H,11-13H2,(H,32,33)(H,29,30,31). The smallest absolute Gasteiger partial charge is 0.290 e. The van der Waals surface area contributed by atoms with Gasteiger partial charge in [-0.05, 0) is 48.5 Å². The molecule has 0 amide bonds. The lowest BCUT2D eigenvalue weighted by atomic mass is 10.2. The highest BCUT2D eigenvalue weighted by molar-refractivity contribution is 6.32. The lowest BCUT2D eigenvalue weighted by Gasteiger charge is -2.13. The first-order chi connectivity index (χ1) is 17.2. The highest BCUT2D eigenvalue weighted by Crippen LogP contribution is 2.31. The minimum atomic E-state index is 0.0965. The lowest BCUT2D eigenvalue weighted by molar-refractivity contribution is 0.224. The number of nitrogens with zero attached hydrogens (tertiary/aromatic N) is 4. The maximum absolute atomic E-state index is 6.48. The number of nitrogens with one attached hydrogen (secondary N) is 3. The third-order valence-electron chi connectivity index (χ3n) is 5.86. The Bertz CT molecular complexity index is 1400. The van der Waals surface area contributed by atoms with Gasteiger partial charge in [0.25, 0.3) is 6.02 Å². The second kappa shape index (κ2) is 9.36. The predicted octanol–water partition coefficient (Wildman–Crippen LogP) is 4.14. The molecule has 1 fully saturated rings. The van der Waals surface area contributed by atoms with Gasteiger partial charge in [0.15, 0.2) is 0 Å². The molecule has 2 aliphatic heterocycles. The van der Waals surface area contributed by atoms with Crippen LogP contribution in [0.2, 0.25) is 5.02 Å². The number of rotatable bonds is 6. The third-order valence-corrected chi connectivity index (χ3v) is 6.15. The lowest BCUT2D eigenvalue weighted by Crippen LogP contribution is -2.22. The first-order valence-electron chi connectivity index (χ1n) is 11.3. The molecular weight excluding hydrogens is 466 g/mol. The number of ether oxygens (including phenoxy) is 2. The molecule has 9 nitrogen and oxygen atoms in total. The number of benzene rings is 2. The number of hydrogen-bond acceptors (Lipinski definition) is 9. The summed E-state index contributed by atoms with van der Waals surface area (Å²) >= 11 is 6.48. The van der Waals surface area contributed by atoms with Crippen LogP contribution in [0.3, 0.4) is 0 Å². The van der Waals surface area contributed by atoms with E-state index >= 15 is 0 Å². The Balaban J connectivity index is 1.19. The van der Waals surface area contributed by atoms with E-state index in [1.54, 1.807) is 12.3 Å². The number of hydrogen-bond donors (Lipinski definition) is 3. The fraction of sp³-hybridized carbons (Fsp3) is 0.200. The summed E-state index contributed by atoms with van der Waals surface area (Å²) in [6.45, 7) is 1.99. The van der Waals surface area contributed by atoms with Crippen molar-refractivity contribution in [1.29, 1.82) is 0 Å². The summed E-state index contributed by atoms with van der Waals surface area (Å²) in [5.74, 6) is 1.24. The van der Waals surface area contributed by atoms with Crippen LogP contribution >= 0.6 is 11.6 Å². The fourth-order valence-corrected chi connectivity index (χ4v) is 4.34. The van der Waals surface area contributed by atoms with Crippen LogP contribution in [0.4, 0.5) is 17.2 Å². The number of aliphatic imine (C=N–C) groups is 1. The first kappa shape index (κ1) is 21.6. The van der Waals surface area contributed by atoms with Gasteiger partial charge in [-0.1, -0.05) is 17.7 Å². The summed E-state index contributed by atoms with van der Waals surface area (Å²) in [7, 11) is 0. The van der Waals surface area contributed by atoms with Gasteiger partial charge in [0.2, 0.25) is 0 Å². The third kappa shape index (κ3) is 4.68. The molecule has 2 aromatic heterocycles. The van der Waals surface area contributed by atoms with Crippen LogP contribution in [0.1, 0.15) is 5.69 Å². The number of fused-ring (bicyclic) bond motifs is 2. The van der Waals surface area contributed by atoms with E-state index in [2.05, 4.69) is 35.9 Å². The van der Waals surface area contributed by atoms with Gasteiger partial charge >= 0.3 is 0 Å². The largest absolute Gasteiger partial charge is 0.486 e. The fourth-order valence-electron chi connectivity index (χ4n) is 4.10. The van der Waals surface area contributed by atoms with Crippen molar-refractivity contribution in [3.63, 3.8) is 0 Å². The highest BCUT2D eigenvalue weighted by atomic mass is 35.5. The molecule has 2 aliphatic rings. The number of anilines is 3. The number of halogens is 1. The van der Waals surface area contributed by atoms with E-state index in [1.165, 1.54) is 6.33 Å². The van der Waals surface area contributed by atoms with E-state index < -0.39 is 0 Å². The van der Waals surface area contributed by atoms with Crippen molar-refractivity contribution in [2.75, 3.05) is 23.7 Å². The van der Waals surface area contributed by atoms with Crippen molar-refractivity contribution in [2.45, 2.75) is 18.8 Å². The summed E-state index contributed by atoms with van der Waals surface area (Å²) in [4.78, 5) is 17.7. The van der Waals surface area contributed by atoms with Crippen LogP contribution in [0.25, 0.3) is 10.9 Å². The zero-order chi connectivity index (χ0) is 23.6. The normalized spacial score (nSPS) is 18.6. The Morgan fingerprint density at radius 1 is 1.00 bits per heavy atom. The van der Waals surface area contributed by atoms with Gasteiger partial charge in [-0.15, -0.1) is 0 Å². The molecule has 0 radical (unpaired) electrons. The first-order valence-corrected chi connectivity index (χ1v) is 11.7. The van der Waals surface area contributed by atoms with E-state index in [0.717, 1.165) is 41.1 Å². The Hall–Kier alpha value is -3.95. The van der Waals surface area contributed by atoms with Crippen LogP contribution in [0.5, 0.6) is 5.75 Å². The summed E-state index contributed by atoms with van der Waals surface area (Å²) in [5.41, 5.74) is 3.27. The monoisotopic (exact) mass is 487 g/mol. The Morgan fingerprint density at radius 3 is 2.77 bits per heavy atom. The Labute approximate surface area is 206 Å². The second-order valence-electron chi connectivity index (χ2n) is 8.28. The molecule has 3 N–H and O–H groups in total. The molecule has 1 saturated heterocycles. The number of pyridine rings is 1. The zero-order valence-electron chi connectivity index (χ0n) is 18.6. The SMILES string of the molecule is Clc1cc(Nc2ncnc3ccc(NC4=NC5CNCC5O4)cc23)ccc1OCc1ccccn1. The molecule has 2 unspecified atom stereocenters. The molecule has 0 spiro atoms. The quantitative estimate of drug-likeness (QED) is 0.372. The van der Waals surface area contributed by atoms with E-state index in [1.807, 2.05) is 48.5 Å². The van der Waals surface area contributed by atoms with Gasteiger partial charge in [-0.2, -0.15) is 0 Å². The van der Waals surface area contributed by atoms with E-state index in [9.17, 15) is 0 Å². The average Bonchev–Trinajstić information content (AvgIpc) is 3.47. The maximum Gasteiger partial charge on any atom is 0.290 e. The Morgan fingerprint density at radius 2 is 1.91 bits per heavy atom. The van der Waals surface area contributed by atoms with Crippen molar-refractivity contribution >= 4 is 45.7 Å². The number of aromatic nitrogens is 3. The van der Waals surface area contributed by atoms with Gasteiger partial charge in [0.1, 0.15) is 36.6 Å². The van der Waals surface area contributed by atoms with E-state index in [0.29, 0.717) is 29.2 Å². The van der Waals surface area contributed by atoms with Crippen molar-refractivity contribution < 1.29 is 9.47 Å². The Kier molecular flexibility index (Phi) is 5.77. The van der Waals surface area contributed by atoms with E-state index in [-0.39, 0.29) is 12.1 Å². The second-order valence-corrected chi connectivity index (χ2v) is 8.68. The van der Waals surface area contributed by atoms with Crippen molar-refractivity contribution in [2.24, 2.45) is 4.99 Å². The average molecular weight is 488 g/mol. The van der Waals surface area contributed by atoms with Gasteiger partial charge < -0.3 is 25.4 Å².